The summed E-state index contributed by atoms with van der Waals surface area (Å²) in [6, 6.07) is 3.57. The Balaban J connectivity index is 2.47. The van der Waals surface area contributed by atoms with Gasteiger partial charge in [0.15, 0.2) is 0 Å². The van der Waals surface area contributed by atoms with Crippen molar-refractivity contribution in [2.24, 2.45) is 0 Å². The van der Waals surface area contributed by atoms with Crippen LogP contribution in [0.3, 0.4) is 0 Å². The average molecular weight is 254 g/mol. The number of carbonyl (C=O) groups is 2. The van der Waals surface area contributed by atoms with Crippen LogP contribution in [0.5, 0.6) is 0 Å². The Morgan fingerprint density at radius 3 is 2.67 bits per heavy atom. The number of hydrogen-bond donors (Lipinski definition) is 2. The van der Waals surface area contributed by atoms with E-state index in [-0.39, 0.29) is 13.2 Å². The van der Waals surface area contributed by atoms with Crippen molar-refractivity contribution >= 4 is 17.7 Å². The van der Waals surface area contributed by atoms with Crippen LogP contribution in [0.25, 0.3) is 0 Å². The molecule has 1 aromatic rings. The quantitative estimate of drug-likeness (QED) is 0.805. The Morgan fingerprint density at radius 1 is 1.33 bits per heavy atom. The van der Waals surface area contributed by atoms with Gasteiger partial charge in [0.1, 0.15) is 12.4 Å². The van der Waals surface area contributed by atoms with Crippen LogP contribution in [0.15, 0.2) is 18.2 Å². The minimum atomic E-state index is -0.590. The summed E-state index contributed by atoms with van der Waals surface area (Å²) < 4.78 is 17.7. The molecule has 0 aliphatic rings. The summed E-state index contributed by atoms with van der Waals surface area (Å²) in [7, 11) is 0. The molecule has 0 aromatic heterocycles. The van der Waals surface area contributed by atoms with Crippen molar-refractivity contribution in [3.63, 3.8) is 0 Å². The third kappa shape index (κ3) is 4.82. The van der Waals surface area contributed by atoms with E-state index >= 15 is 0 Å². The third-order valence-corrected chi connectivity index (χ3v) is 2.00. The first-order valence-electron chi connectivity index (χ1n) is 5.49. The molecule has 0 heterocycles. The predicted octanol–water partition coefficient (Wildman–Crippen LogP) is 1.82. The van der Waals surface area contributed by atoms with Gasteiger partial charge < -0.3 is 15.4 Å². The molecular weight excluding hydrogens is 239 g/mol. The number of hydrogen-bond acceptors (Lipinski definition) is 3. The zero-order chi connectivity index (χ0) is 13.5. The SMILES string of the molecule is CCOC(=O)CNC(=O)Nc1cc(C)cc(F)c1. The number of amides is 2. The zero-order valence-corrected chi connectivity index (χ0v) is 10.2. The summed E-state index contributed by atoms with van der Waals surface area (Å²) in [4.78, 5) is 22.4. The van der Waals surface area contributed by atoms with Gasteiger partial charge in [-0.15, -0.1) is 0 Å². The van der Waals surface area contributed by atoms with Crippen molar-refractivity contribution in [2.45, 2.75) is 13.8 Å². The van der Waals surface area contributed by atoms with Crippen LogP contribution in [0.1, 0.15) is 12.5 Å². The van der Waals surface area contributed by atoms with Gasteiger partial charge in [-0.3, -0.25) is 4.79 Å². The van der Waals surface area contributed by atoms with Gasteiger partial charge in [0.25, 0.3) is 0 Å². The first-order valence-corrected chi connectivity index (χ1v) is 5.49. The summed E-state index contributed by atoms with van der Waals surface area (Å²) in [6.07, 6.45) is 0. The Kier molecular flexibility index (Phi) is 5.10. The molecule has 0 aliphatic carbocycles. The van der Waals surface area contributed by atoms with Crippen molar-refractivity contribution in [2.75, 3.05) is 18.5 Å². The number of nitrogens with one attached hydrogen (secondary N) is 2. The second kappa shape index (κ2) is 6.58. The summed E-state index contributed by atoms with van der Waals surface area (Å²) >= 11 is 0. The summed E-state index contributed by atoms with van der Waals surface area (Å²) in [5, 5.41) is 4.73. The van der Waals surface area contributed by atoms with E-state index in [0.29, 0.717) is 11.3 Å². The summed E-state index contributed by atoms with van der Waals surface area (Å²) in [6.45, 7) is 3.41. The lowest BCUT2D eigenvalue weighted by Gasteiger charge is -2.08. The molecule has 6 heteroatoms. The molecule has 2 N–H and O–H groups in total. The number of urea groups is 1. The standard InChI is InChI=1S/C12H15FN2O3/c1-3-18-11(16)7-14-12(17)15-10-5-8(2)4-9(13)6-10/h4-6H,3,7H2,1-2H3,(H2,14,15,17). The number of halogens is 1. The average Bonchev–Trinajstić information content (AvgIpc) is 2.25. The van der Waals surface area contributed by atoms with Gasteiger partial charge in [-0.1, -0.05) is 0 Å². The van der Waals surface area contributed by atoms with E-state index in [1.807, 2.05) is 0 Å². The van der Waals surface area contributed by atoms with Crippen molar-refractivity contribution in [3.8, 4) is 0 Å². The van der Waals surface area contributed by atoms with Gasteiger partial charge in [0.05, 0.1) is 6.61 Å². The number of aryl methyl sites for hydroxylation is 1. The molecule has 0 radical (unpaired) electrons. The fourth-order valence-corrected chi connectivity index (χ4v) is 1.35. The lowest BCUT2D eigenvalue weighted by Crippen LogP contribution is -2.34. The van der Waals surface area contributed by atoms with Gasteiger partial charge in [-0.2, -0.15) is 0 Å². The molecule has 1 rings (SSSR count). The minimum absolute atomic E-state index is 0.228. The number of ether oxygens (including phenoxy) is 1. The van der Waals surface area contributed by atoms with Crippen LogP contribution in [-0.2, 0) is 9.53 Å². The maximum absolute atomic E-state index is 13.0. The fourth-order valence-electron chi connectivity index (χ4n) is 1.35. The van der Waals surface area contributed by atoms with Crippen molar-refractivity contribution in [1.29, 1.82) is 0 Å². The first-order chi connectivity index (χ1) is 8.51. The second-order valence-corrected chi connectivity index (χ2v) is 3.63. The Labute approximate surface area is 104 Å². The Morgan fingerprint density at radius 2 is 2.06 bits per heavy atom. The molecule has 1 aromatic carbocycles. The lowest BCUT2D eigenvalue weighted by molar-refractivity contribution is -0.141. The van der Waals surface area contributed by atoms with Crippen molar-refractivity contribution in [3.05, 3.63) is 29.6 Å². The topological polar surface area (TPSA) is 67.4 Å². The molecule has 0 fully saturated rings. The van der Waals surface area contributed by atoms with Gasteiger partial charge in [0, 0.05) is 5.69 Å². The van der Waals surface area contributed by atoms with Crippen LogP contribution in [0.4, 0.5) is 14.9 Å². The van der Waals surface area contributed by atoms with Crippen LogP contribution in [0.2, 0.25) is 0 Å². The smallest absolute Gasteiger partial charge is 0.325 e. The van der Waals surface area contributed by atoms with E-state index in [2.05, 4.69) is 15.4 Å². The molecule has 0 unspecified atom stereocenters. The van der Waals surface area contributed by atoms with Crippen molar-refractivity contribution < 1.29 is 18.7 Å². The van der Waals surface area contributed by atoms with Gasteiger partial charge in [-0.05, 0) is 37.6 Å². The van der Waals surface area contributed by atoms with Gasteiger partial charge in [-0.25, -0.2) is 9.18 Å². The first kappa shape index (κ1) is 14.0. The highest BCUT2D eigenvalue weighted by Crippen LogP contribution is 2.12. The van der Waals surface area contributed by atoms with Crippen molar-refractivity contribution in [1.82, 2.24) is 5.32 Å². The third-order valence-electron chi connectivity index (χ3n) is 2.00. The van der Waals surface area contributed by atoms with Crippen LogP contribution < -0.4 is 10.6 Å². The van der Waals surface area contributed by atoms with Crippen LogP contribution in [-0.4, -0.2) is 25.2 Å². The molecular formula is C12H15FN2O3. The largest absolute Gasteiger partial charge is 0.465 e. The normalized spacial score (nSPS) is 9.72. The maximum Gasteiger partial charge on any atom is 0.325 e. The van der Waals surface area contributed by atoms with Gasteiger partial charge in [0.2, 0.25) is 0 Å². The fraction of sp³-hybridized carbons (Fsp3) is 0.333. The molecule has 18 heavy (non-hydrogen) atoms. The highest BCUT2D eigenvalue weighted by molar-refractivity contribution is 5.91. The molecule has 0 saturated carbocycles. The van der Waals surface area contributed by atoms with E-state index in [0.717, 1.165) is 0 Å². The lowest BCUT2D eigenvalue weighted by atomic mass is 10.2. The number of carbonyl (C=O) groups excluding carboxylic acids is 2. The molecule has 98 valence electrons. The number of benzene rings is 1. The number of rotatable bonds is 4. The molecule has 0 aliphatic heterocycles. The van der Waals surface area contributed by atoms with Crippen LogP contribution in [0, 0.1) is 12.7 Å². The van der Waals surface area contributed by atoms with E-state index in [1.54, 1.807) is 19.9 Å². The molecule has 0 saturated heterocycles. The van der Waals surface area contributed by atoms with Crippen LogP contribution >= 0.6 is 0 Å². The van der Waals surface area contributed by atoms with E-state index in [4.69, 9.17) is 0 Å². The Bertz CT molecular complexity index is 429. The molecule has 0 spiro atoms. The van der Waals surface area contributed by atoms with E-state index in [9.17, 15) is 14.0 Å². The summed E-state index contributed by atoms with van der Waals surface area (Å²) in [5.41, 5.74) is 1.02. The second-order valence-electron chi connectivity index (χ2n) is 3.63. The number of esters is 1. The van der Waals surface area contributed by atoms with E-state index < -0.39 is 17.8 Å². The monoisotopic (exact) mass is 254 g/mol. The highest BCUT2D eigenvalue weighted by atomic mass is 19.1. The molecule has 0 bridgehead atoms. The zero-order valence-electron chi connectivity index (χ0n) is 10.2. The summed E-state index contributed by atoms with van der Waals surface area (Å²) in [5.74, 6) is -0.959. The van der Waals surface area contributed by atoms with E-state index in [1.165, 1.54) is 12.1 Å². The number of anilines is 1. The minimum Gasteiger partial charge on any atom is -0.465 e. The van der Waals surface area contributed by atoms with Gasteiger partial charge >= 0.3 is 12.0 Å². The highest BCUT2D eigenvalue weighted by Gasteiger charge is 2.06. The Hall–Kier alpha value is -2.11. The molecule has 5 nitrogen and oxygen atoms in total. The molecule has 2 amide bonds. The predicted molar refractivity (Wildman–Crippen MR) is 64.8 cm³/mol. The maximum atomic E-state index is 13.0. The molecule has 0 atom stereocenters.